The number of nitrogens with zero attached hydrogens (tertiary/aromatic N) is 2. The van der Waals surface area contributed by atoms with Crippen molar-refractivity contribution in [3.8, 4) is 11.5 Å². The summed E-state index contributed by atoms with van der Waals surface area (Å²) in [5, 5.41) is 24.1. The van der Waals surface area contributed by atoms with E-state index in [0.29, 0.717) is 5.75 Å². The predicted molar refractivity (Wildman–Crippen MR) is 94.7 cm³/mol. The van der Waals surface area contributed by atoms with Gasteiger partial charge in [0.05, 0.1) is 11.1 Å². The predicted octanol–water partition coefficient (Wildman–Crippen LogP) is 2.98. The molecule has 0 saturated heterocycles. The van der Waals surface area contributed by atoms with Gasteiger partial charge in [-0.3, -0.25) is 14.9 Å². The van der Waals surface area contributed by atoms with Gasteiger partial charge >= 0.3 is 0 Å². The van der Waals surface area contributed by atoms with Gasteiger partial charge in [-0.25, -0.2) is 5.43 Å². The van der Waals surface area contributed by atoms with Gasteiger partial charge in [-0.1, -0.05) is 15.9 Å². The molecule has 0 aliphatic heterocycles. The summed E-state index contributed by atoms with van der Waals surface area (Å²) in [7, 11) is 0. The number of nitrogens with one attached hydrogen (secondary N) is 1. The average molecular weight is 408 g/mol. The number of carbonyl (C=O) groups is 1. The lowest BCUT2D eigenvalue weighted by molar-refractivity contribution is -0.384. The Balaban J connectivity index is 1.96. The number of hydrazone groups is 1. The highest BCUT2D eigenvalue weighted by Gasteiger charge is 2.14. The van der Waals surface area contributed by atoms with E-state index in [4.69, 9.17) is 4.74 Å². The summed E-state index contributed by atoms with van der Waals surface area (Å²) in [6.45, 7) is 1.55. The number of ether oxygens (including phenoxy) is 1. The van der Waals surface area contributed by atoms with Gasteiger partial charge in [0.1, 0.15) is 11.5 Å². The van der Waals surface area contributed by atoms with E-state index in [0.717, 1.165) is 16.8 Å². The van der Waals surface area contributed by atoms with E-state index in [9.17, 15) is 20.0 Å². The number of aromatic hydroxyl groups is 1. The molecule has 1 amide bonds. The molecule has 2 aromatic carbocycles. The van der Waals surface area contributed by atoms with E-state index < -0.39 is 16.9 Å². The van der Waals surface area contributed by atoms with Crippen molar-refractivity contribution in [1.82, 2.24) is 5.43 Å². The molecule has 0 bridgehead atoms. The number of non-ortho nitro benzene ring substituents is 1. The normalized spacial score (nSPS) is 11.9. The lowest BCUT2D eigenvalue weighted by Gasteiger charge is -2.12. The highest BCUT2D eigenvalue weighted by molar-refractivity contribution is 9.10. The molecule has 0 unspecified atom stereocenters. The summed E-state index contributed by atoms with van der Waals surface area (Å²) in [6.07, 6.45) is 0.309. The molecule has 0 fully saturated rings. The number of nitro groups is 1. The minimum Gasteiger partial charge on any atom is -0.507 e. The Bertz CT molecular complexity index is 808. The van der Waals surface area contributed by atoms with Crippen molar-refractivity contribution in [2.75, 3.05) is 0 Å². The first-order chi connectivity index (χ1) is 11.9. The van der Waals surface area contributed by atoms with Crippen LogP contribution in [0.25, 0.3) is 0 Å². The van der Waals surface area contributed by atoms with Gasteiger partial charge in [0.25, 0.3) is 11.6 Å². The number of nitro benzene ring substituents is 1. The van der Waals surface area contributed by atoms with Crippen LogP contribution in [0.3, 0.4) is 0 Å². The number of halogens is 1. The number of rotatable bonds is 6. The third-order valence-corrected chi connectivity index (χ3v) is 3.62. The highest BCUT2D eigenvalue weighted by atomic mass is 79.9. The molecular formula is C16H14BrN3O5. The zero-order valence-electron chi connectivity index (χ0n) is 13.0. The van der Waals surface area contributed by atoms with Gasteiger partial charge in [0.15, 0.2) is 6.10 Å². The summed E-state index contributed by atoms with van der Waals surface area (Å²) in [6, 6.07) is 10.5. The summed E-state index contributed by atoms with van der Waals surface area (Å²) in [5.74, 6) is -0.182. The van der Waals surface area contributed by atoms with Gasteiger partial charge in [0.2, 0.25) is 0 Å². The van der Waals surface area contributed by atoms with Crippen molar-refractivity contribution in [3.05, 3.63) is 62.6 Å². The smallest absolute Gasteiger partial charge is 0.280 e. The Hall–Kier alpha value is -2.94. The van der Waals surface area contributed by atoms with Gasteiger partial charge in [0, 0.05) is 22.2 Å². The molecular weight excluding hydrogens is 394 g/mol. The molecule has 0 saturated carbocycles. The molecule has 2 rings (SSSR count). The molecule has 2 aromatic rings. The fraction of sp³-hybridized carbons (Fsp3) is 0.125. The second-order valence-corrected chi connectivity index (χ2v) is 5.86. The molecule has 0 aliphatic rings. The van der Waals surface area contributed by atoms with Crippen LogP contribution in [0.5, 0.6) is 11.5 Å². The van der Waals surface area contributed by atoms with Crippen molar-refractivity contribution < 1.29 is 19.6 Å². The second kappa shape index (κ2) is 8.25. The number of hydrogen-bond acceptors (Lipinski definition) is 6. The Morgan fingerprint density at radius 3 is 2.68 bits per heavy atom. The first kappa shape index (κ1) is 18.4. The number of amides is 1. The van der Waals surface area contributed by atoms with Gasteiger partial charge in [-0.05, 0) is 37.3 Å². The van der Waals surface area contributed by atoms with Crippen LogP contribution in [-0.2, 0) is 4.79 Å². The monoisotopic (exact) mass is 407 g/mol. The fourth-order valence-corrected chi connectivity index (χ4v) is 2.05. The van der Waals surface area contributed by atoms with Crippen molar-refractivity contribution in [3.63, 3.8) is 0 Å². The van der Waals surface area contributed by atoms with Gasteiger partial charge in [-0.15, -0.1) is 0 Å². The first-order valence-electron chi connectivity index (χ1n) is 7.09. The van der Waals surface area contributed by atoms with E-state index >= 15 is 0 Å². The molecule has 0 spiro atoms. The molecule has 130 valence electrons. The lowest BCUT2D eigenvalue weighted by atomic mass is 10.2. The van der Waals surface area contributed by atoms with E-state index in [-0.39, 0.29) is 17.0 Å². The van der Waals surface area contributed by atoms with Gasteiger partial charge in [-0.2, -0.15) is 5.10 Å². The quantitative estimate of drug-likeness (QED) is 0.433. The molecule has 8 nitrogen and oxygen atoms in total. The minimum atomic E-state index is -0.808. The Morgan fingerprint density at radius 1 is 1.36 bits per heavy atom. The van der Waals surface area contributed by atoms with Crippen molar-refractivity contribution in [1.29, 1.82) is 0 Å². The standard InChI is InChI=1S/C16H14BrN3O5/c1-10(25-14-5-2-12(17)3-6-14)16(22)19-18-9-11-8-13(20(23)24)4-7-15(11)21/h2-10,21H,1H3,(H,19,22)/b18-9+/t10-/m1/s1. The fourth-order valence-electron chi connectivity index (χ4n) is 1.79. The topological polar surface area (TPSA) is 114 Å². The lowest BCUT2D eigenvalue weighted by Crippen LogP contribution is -2.33. The Kier molecular flexibility index (Phi) is 6.07. The number of carbonyl (C=O) groups excluding carboxylic acids is 1. The molecule has 0 heterocycles. The summed E-state index contributed by atoms with van der Waals surface area (Å²) >= 11 is 3.30. The van der Waals surface area contributed by atoms with Crippen LogP contribution >= 0.6 is 15.9 Å². The number of phenols is 1. The van der Waals surface area contributed by atoms with Crippen LogP contribution in [0, 0.1) is 10.1 Å². The largest absolute Gasteiger partial charge is 0.507 e. The molecule has 0 aromatic heterocycles. The van der Waals surface area contributed by atoms with Crippen molar-refractivity contribution >= 4 is 33.7 Å². The van der Waals surface area contributed by atoms with Crippen LogP contribution in [0.2, 0.25) is 0 Å². The molecule has 9 heteroatoms. The molecule has 25 heavy (non-hydrogen) atoms. The Labute approximate surface area is 151 Å². The zero-order chi connectivity index (χ0) is 18.4. The minimum absolute atomic E-state index is 0.107. The van der Waals surface area contributed by atoms with E-state index in [1.165, 1.54) is 12.1 Å². The molecule has 0 radical (unpaired) electrons. The SMILES string of the molecule is C[C@@H](Oc1ccc(Br)cc1)C(=O)N/N=C/c1cc([N+](=O)[O-])ccc1O. The van der Waals surface area contributed by atoms with Crippen LogP contribution in [0.4, 0.5) is 5.69 Å². The van der Waals surface area contributed by atoms with Gasteiger partial charge < -0.3 is 9.84 Å². The second-order valence-electron chi connectivity index (χ2n) is 4.95. The maximum atomic E-state index is 11.9. The number of phenolic OH excluding ortho intramolecular Hbond substituents is 1. The van der Waals surface area contributed by atoms with E-state index in [1.54, 1.807) is 31.2 Å². The van der Waals surface area contributed by atoms with Crippen LogP contribution in [0.1, 0.15) is 12.5 Å². The average Bonchev–Trinajstić information content (AvgIpc) is 2.58. The maximum absolute atomic E-state index is 11.9. The molecule has 0 aliphatic carbocycles. The van der Waals surface area contributed by atoms with E-state index in [2.05, 4.69) is 26.5 Å². The van der Waals surface area contributed by atoms with Crippen molar-refractivity contribution in [2.24, 2.45) is 5.10 Å². The first-order valence-corrected chi connectivity index (χ1v) is 7.88. The summed E-state index contributed by atoms with van der Waals surface area (Å²) < 4.78 is 6.35. The van der Waals surface area contributed by atoms with Crippen LogP contribution in [-0.4, -0.2) is 28.3 Å². The van der Waals surface area contributed by atoms with E-state index in [1.807, 2.05) is 0 Å². The maximum Gasteiger partial charge on any atom is 0.280 e. The third kappa shape index (κ3) is 5.28. The Morgan fingerprint density at radius 2 is 2.04 bits per heavy atom. The van der Waals surface area contributed by atoms with Crippen molar-refractivity contribution in [2.45, 2.75) is 13.0 Å². The number of hydrogen-bond donors (Lipinski definition) is 2. The van der Waals surface area contributed by atoms with Crippen LogP contribution < -0.4 is 10.2 Å². The van der Waals surface area contributed by atoms with Crippen LogP contribution in [0.15, 0.2) is 52.0 Å². The highest BCUT2D eigenvalue weighted by Crippen LogP contribution is 2.21. The summed E-state index contributed by atoms with van der Waals surface area (Å²) in [4.78, 5) is 22.1. The summed E-state index contributed by atoms with van der Waals surface area (Å²) in [5.41, 5.74) is 2.16. The molecule has 1 atom stereocenters. The number of benzene rings is 2. The molecule has 2 N–H and O–H groups in total. The zero-order valence-corrected chi connectivity index (χ0v) is 14.6. The third-order valence-electron chi connectivity index (χ3n) is 3.10.